The summed E-state index contributed by atoms with van der Waals surface area (Å²) in [5.74, 6) is -0.124. The summed E-state index contributed by atoms with van der Waals surface area (Å²) in [6.45, 7) is 4.15. The van der Waals surface area contributed by atoms with Crippen molar-refractivity contribution in [3.8, 4) is 0 Å². The molecule has 1 saturated heterocycles. The first-order chi connectivity index (χ1) is 18.9. The van der Waals surface area contributed by atoms with Crippen LogP contribution in [0.1, 0.15) is 49.8 Å². The molecular formula is C30H36N4O3S2. The summed E-state index contributed by atoms with van der Waals surface area (Å²) in [6, 6.07) is 27.2. The average Bonchev–Trinajstić information content (AvgIpc) is 2.95. The van der Waals surface area contributed by atoms with Gasteiger partial charge in [0.1, 0.15) is 0 Å². The van der Waals surface area contributed by atoms with E-state index in [0.717, 1.165) is 19.3 Å². The SMILES string of the molecule is CCCCCC(=O)NC(=S)Nc1ccc(S(=O)(=O)N2CCN(C(c3ccccc3)c3ccccc3)CC2)cc1. The molecule has 1 amide bonds. The van der Waals surface area contributed by atoms with Gasteiger partial charge in [-0.2, -0.15) is 4.31 Å². The molecule has 0 bridgehead atoms. The average molecular weight is 565 g/mol. The number of carbonyl (C=O) groups excluding carboxylic acids is 1. The minimum absolute atomic E-state index is 0.0681. The highest BCUT2D eigenvalue weighted by Crippen LogP contribution is 2.30. The van der Waals surface area contributed by atoms with Crippen LogP contribution in [0.15, 0.2) is 89.8 Å². The molecule has 0 aromatic heterocycles. The maximum atomic E-state index is 13.4. The van der Waals surface area contributed by atoms with E-state index in [0.29, 0.717) is 38.3 Å². The number of anilines is 1. The van der Waals surface area contributed by atoms with E-state index >= 15 is 0 Å². The molecule has 1 fully saturated rings. The molecule has 9 heteroatoms. The van der Waals surface area contributed by atoms with Crippen molar-refractivity contribution in [1.29, 1.82) is 0 Å². The molecule has 0 unspecified atom stereocenters. The molecule has 1 aliphatic rings. The summed E-state index contributed by atoms with van der Waals surface area (Å²) in [7, 11) is -3.64. The molecular weight excluding hydrogens is 528 g/mol. The molecule has 1 heterocycles. The lowest BCUT2D eigenvalue weighted by Gasteiger charge is -2.39. The second-order valence-electron chi connectivity index (χ2n) is 9.65. The number of hydrogen-bond acceptors (Lipinski definition) is 5. The number of nitrogens with zero attached hydrogens (tertiary/aromatic N) is 2. The predicted molar refractivity (Wildman–Crippen MR) is 160 cm³/mol. The fraction of sp³-hybridized carbons (Fsp3) is 0.333. The van der Waals surface area contributed by atoms with Crippen LogP contribution < -0.4 is 10.6 Å². The number of piperazine rings is 1. The molecule has 0 aliphatic carbocycles. The van der Waals surface area contributed by atoms with Crippen molar-refractivity contribution in [2.45, 2.75) is 43.5 Å². The van der Waals surface area contributed by atoms with Crippen molar-refractivity contribution in [2.75, 3.05) is 31.5 Å². The Labute approximate surface area is 237 Å². The van der Waals surface area contributed by atoms with E-state index in [-0.39, 0.29) is 22.0 Å². The zero-order chi connectivity index (χ0) is 27.7. The Kier molecular flexibility index (Phi) is 10.2. The Morgan fingerprint density at radius 1 is 0.846 bits per heavy atom. The molecule has 1 aliphatic heterocycles. The van der Waals surface area contributed by atoms with Gasteiger partial charge in [0, 0.05) is 38.3 Å². The zero-order valence-corrected chi connectivity index (χ0v) is 23.9. The highest BCUT2D eigenvalue weighted by molar-refractivity contribution is 7.89. The van der Waals surface area contributed by atoms with Crippen LogP contribution in [0.3, 0.4) is 0 Å². The van der Waals surface area contributed by atoms with Gasteiger partial charge in [0.25, 0.3) is 0 Å². The molecule has 0 spiro atoms. The first-order valence-electron chi connectivity index (χ1n) is 13.4. The second-order valence-corrected chi connectivity index (χ2v) is 12.0. The number of carbonyl (C=O) groups is 1. The van der Waals surface area contributed by atoms with Gasteiger partial charge in [-0.05, 0) is 54.0 Å². The van der Waals surface area contributed by atoms with E-state index < -0.39 is 10.0 Å². The van der Waals surface area contributed by atoms with E-state index in [1.807, 2.05) is 36.4 Å². The monoisotopic (exact) mass is 564 g/mol. The van der Waals surface area contributed by atoms with Crippen LogP contribution in [0, 0.1) is 0 Å². The molecule has 7 nitrogen and oxygen atoms in total. The third-order valence-corrected chi connectivity index (χ3v) is 9.00. The molecule has 206 valence electrons. The number of thiocarbonyl (C=S) groups is 1. The van der Waals surface area contributed by atoms with Crippen molar-refractivity contribution in [1.82, 2.24) is 14.5 Å². The summed E-state index contributed by atoms with van der Waals surface area (Å²) >= 11 is 5.23. The smallest absolute Gasteiger partial charge is 0.243 e. The molecule has 4 rings (SSSR count). The summed E-state index contributed by atoms with van der Waals surface area (Å²) < 4.78 is 28.4. The maximum Gasteiger partial charge on any atom is 0.243 e. The van der Waals surface area contributed by atoms with Crippen molar-refractivity contribution in [3.05, 3.63) is 96.1 Å². The Balaban J connectivity index is 1.37. The second kappa shape index (κ2) is 13.8. The number of hydrogen-bond donors (Lipinski definition) is 2. The highest BCUT2D eigenvalue weighted by atomic mass is 32.2. The normalized spacial score (nSPS) is 14.7. The Bertz CT molecular complexity index is 1290. The molecule has 0 radical (unpaired) electrons. The van der Waals surface area contributed by atoms with Crippen LogP contribution >= 0.6 is 12.2 Å². The number of benzene rings is 3. The maximum absolute atomic E-state index is 13.4. The fourth-order valence-electron chi connectivity index (χ4n) is 4.83. The first kappa shape index (κ1) is 28.9. The minimum atomic E-state index is -3.64. The molecule has 3 aromatic carbocycles. The van der Waals surface area contributed by atoms with E-state index in [1.54, 1.807) is 28.6 Å². The fourth-order valence-corrected chi connectivity index (χ4v) is 6.49. The third-order valence-electron chi connectivity index (χ3n) is 6.88. The lowest BCUT2D eigenvalue weighted by atomic mass is 9.96. The van der Waals surface area contributed by atoms with Crippen molar-refractivity contribution >= 4 is 38.9 Å². The Morgan fingerprint density at radius 2 is 1.41 bits per heavy atom. The van der Waals surface area contributed by atoms with E-state index in [1.165, 1.54) is 11.1 Å². The van der Waals surface area contributed by atoms with Gasteiger partial charge in [-0.1, -0.05) is 80.4 Å². The van der Waals surface area contributed by atoms with E-state index in [2.05, 4.69) is 46.7 Å². The van der Waals surface area contributed by atoms with Gasteiger partial charge >= 0.3 is 0 Å². The van der Waals surface area contributed by atoms with Crippen molar-refractivity contribution < 1.29 is 13.2 Å². The quantitative estimate of drug-likeness (QED) is 0.261. The van der Waals surface area contributed by atoms with Gasteiger partial charge < -0.3 is 10.6 Å². The Hall–Kier alpha value is -3.11. The number of sulfonamides is 1. The Morgan fingerprint density at radius 3 is 1.95 bits per heavy atom. The van der Waals surface area contributed by atoms with Gasteiger partial charge in [-0.3, -0.25) is 9.69 Å². The molecule has 3 aromatic rings. The van der Waals surface area contributed by atoms with Crippen molar-refractivity contribution in [2.24, 2.45) is 0 Å². The summed E-state index contributed by atoms with van der Waals surface area (Å²) in [5, 5.41) is 5.83. The van der Waals surface area contributed by atoms with Gasteiger partial charge in [0.2, 0.25) is 15.9 Å². The number of rotatable bonds is 10. The standard InChI is InChI=1S/C30H36N4O3S2/c1-2-3-6-15-28(35)32-30(38)31-26-16-18-27(19-17-26)39(36,37)34-22-20-33(21-23-34)29(24-11-7-4-8-12-24)25-13-9-5-10-14-25/h4-5,7-14,16-19,29H,2-3,6,15,20-23H2,1H3,(H2,31,32,35,38). The number of amides is 1. The van der Waals surface area contributed by atoms with Gasteiger partial charge in [-0.25, -0.2) is 8.42 Å². The molecule has 0 saturated carbocycles. The molecule has 2 N–H and O–H groups in total. The first-order valence-corrected chi connectivity index (χ1v) is 15.3. The topological polar surface area (TPSA) is 81.8 Å². The van der Waals surface area contributed by atoms with Crippen LogP contribution in [-0.2, 0) is 14.8 Å². The number of nitrogens with one attached hydrogen (secondary N) is 2. The van der Waals surface area contributed by atoms with Gasteiger partial charge in [0.15, 0.2) is 5.11 Å². The van der Waals surface area contributed by atoms with E-state index in [9.17, 15) is 13.2 Å². The zero-order valence-electron chi connectivity index (χ0n) is 22.3. The van der Waals surface area contributed by atoms with E-state index in [4.69, 9.17) is 12.2 Å². The summed E-state index contributed by atoms with van der Waals surface area (Å²) in [6.07, 6.45) is 3.30. The lowest BCUT2D eigenvalue weighted by Crippen LogP contribution is -2.49. The van der Waals surface area contributed by atoms with Crippen LogP contribution in [0.5, 0.6) is 0 Å². The van der Waals surface area contributed by atoms with Crippen LogP contribution in [0.4, 0.5) is 5.69 Å². The summed E-state index contributed by atoms with van der Waals surface area (Å²) in [5.41, 5.74) is 3.00. The van der Waals surface area contributed by atoms with Crippen molar-refractivity contribution in [3.63, 3.8) is 0 Å². The van der Waals surface area contributed by atoms with Gasteiger partial charge in [0.05, 0.1) is 10.9 Å². The van der Waals surface area contributed by atoms with Gasteiger partial charge in [-0.15, -0.1) is 0 Å². The number of unbranched alkanes of at least 4 members (excludes halogenated alkanes) is 2. The predicted octanol–water partition coefficient (Wildman–Crippen LogP) is 5.18. The van der Waals surface area contributed by atoms with Crippen LogP contribution in [0.25, 0.3) is 0 Å². The largest absolute Gasteiger partial charge is 0.332 e. The summed E-state index contributed by atoms with van der Waals surface area (Å²) in [4.78, 5) is 14.6. The molecule has 39 heavy (non-hydrogen) atoms. The van der Waals surface area contributed by atoms with Crippen LogP contribution in [-0.4, -0.2) is 54.8 Å². The van der Waals surface area contributed by atoms with Crippen LogP contribution in [0.2, 0.25) is 0 Å². The third kappa shape index (κ3) is 7.73. The highest BCUT2D eigenvalue weighted by Gasteiger charge is 2.32. The lowest BCUT2D eigenvalue weighted by molar-refractivity contribution is -0.119. The molecule has 0 atom stereocenters. The minimum Gasteiger partial charge on any atom is -0.332 e.